The van der Waals surface area contributed by atoms with Crippen molar-refractivity contribution in [3.63, 3.8) is 0 Å². The van der Waals surface area contributed by atoms with E-state index in [1.165, 1.54) is 12.2 Å². The molecule has 0 aromatic heterocycles. The first-order valence-corrected chi connectivity index (χ1v) is 5.82. The summed E-state index contributed by atoms with van der Waals surface area (Å²) >= 11 is 0. The van der Waals surface area contributed by atoms with Crippen molar-refractivity contribution < 1.29 is 13.2 Å². The molecular formula is C13H16F3N. The molecular weight excluding hydrogens is 227 g/mol. The second-order valence-corrected chi connectivity index (χ2v) is 4.61. The van der Waals surface area contributed by atoms with Gasteiger partial charge in [-0.15, -0.1) is 0 Å². The molecule has 4 heteroatoms. The summed E-state index contributed by atoms with van der Waals surface area (Å²) in [4.78, 5) is 2.16. The molecule has 1 aliphatic heterocycles. The minimum absolute atomic E-state index is 0.487. The van der Waals surface area contributed by atoms with Gasteiger partial charge in [-0.3, -0.25) is 0 Å². The molecule has 17 heavy (non-hydrogen) atoms. The molecule has 0 N–H and O–H groups in total. The van der Waals surface area contributed by atoms with Gasteiger partial charge in [-0.25, -0.2) is 0 Å². The lowest BCUT2D eigenvalue weighted by Gasteiger charge is -2.25. The summed E-state index contributed by atoms with van der Waals surface area (Å²) in [5.41, 5.74) is 1.48. The van der Waals surface area contributed by atoms with Crippen molar-refractivity contribution in [2.45, 2.75) is 25.4 Å². The molecule has 1 aliphatic carbocycles. The zero-order valence-electron chi connectivity index (χ0n) is 9.85. The number of hydrogen-bond acceptors (Lipinski definition) is 1. The second kappa shape index (κ2) is 4.69. The standard InChI is InChI=1S/C13H16F3N/c1-17-7-5-10(6-8-17)11-3-2-4-12(9-11)13(14,15)16/h4-5,9H,2-3,6-8H2,1H3. The van der Waals surface area contributed by atoms with Crippen LogP contribution in [0.25, 0.3) is 0 Å². The first kappa shape index (κ1) is 12.4. The Hall–Kier alpha value is -1.03. The Morgan fingerprint density at radius 1 is 1.12 bits per heavy atom. The van der Waals surface area contributed by atoms with Gasteiger partial charge < -0.3 is 4.90 Å². The van der Waals surface area contributed by atoms with Gasteiger partial charge in [0.25, 0.3) is 0 Å². The number of likely N-dealkylation sites (N-methyl/N-ethyl adjacent to an activating group) is 1. The van der Waals surface area contributed by atoms with E-state index >= 15 is 0 Å². The molecule has 0 spiro atoms. The first-order valence-electron chi connectivity index (χ1n) is 5.82. The van der Waals surface area contributed by atoms with Gasteiger partial charge in [0, 0.05) is 13.1 Å². The van der Waals surface area contributed by atoms with Crippen molar-refractivity contribution in [3.05, 3.63) is 34.9 Å². The van der Waals surface area contributed by atoms with Crippen LogP contribution in [0.5, 0.6) is 0 Å². The number of halogens is 3. The summed E-state index contributed by atoms with van der Waals surface area (Å²) in [7, 11) is 2.02. The highest BCUT2D eigenvalue weighted by Gasteiger charge is 2.33. The topological polar surface area (TPSA) is 3.24 Å². The van der Waals surface area contributed by atoms with Crippen LogP contribution in [0.15, 0.2) is 34.9 Å². The number of rotatable bonds is 1. The normalized spacial score (nSPS) is 22.9. The predicted molar refractivity (Wildman–Crippen MR) is 61.7 cm³/mol. The van der Waals surface area contributed by atoms with Gasteiger partial charge in [-0.05, 0) is 43.5 Å². The highest BCUT2D eigenvalue weighted by atomic mass is 19.4. The molecule has 0 saturated carbocycles. The van der Waals surface area contributed by atoms with Crippen LogP contribution < -0.4 is 0 Å². The molecule has 0 amide bonds. The van der Waals surface area contributed by atoms with Gasteiger partial charge in [0.1, 0.15) is 0 Å². The molecule has 0 unspecified atom stereocenters. The summed E-state index contributed by atoms with van der Waals surface area (Å²) in [6.45, 7) is 1.76. The minimum atomic E-state index is -4.21. The summed E-state index contributed by atoms with van der Waals surface area (Å²) in [6, 6.07) is 0. The summed E-state index contributed by atoms with van der Waals surface area (Å²) in [5.74, 6) is 0. The van der Waals surface area contributed by atoms with Crippen LogP contribution in [-0.2, 0) is 0 Å². The molecule has 94 valence electrons. The zero-order valence-corrected chi connectivity index (χ0v) is 9.85. The van der Waals surface area contributed by atoms with Crippen LogP contribution in [-0.4, -0.2) is 31.2 Å². The van der Waals surface area contributed by atoms with Crippen LogP contribution in [0.3, 0.4) is 0 Å². The predicted octanol–water partition coefficient (Wildman–Crippen LogP) is 3.46. The maximum Gasteiger partial charge on any atom is 0.416 e. The van der Waals surface area contributed by atoms with Crippen LogP contribution in [0.1, 0.15) is 19.3 Å². The van der Waals surface area contributed by atoms with E-state index in [1.807, 2.05) is 7.05 Å². The maximum absolute atomic E-state index is 12.6. The van der Waals surface area contributed by atoms with Gasteiger partial charge >= 0.3 is 6.18 Å². The summed E-state index contributed by atoms with van der Waals surface area (Å²) < 4.78 is 37.8. The van der Waals surface area contributed by atoms with Crippen LogP contribution in [0, 0.1) is 0 Å². The van der Waals surface area contributed by atoms with E-state index in [0.717, 1.165) is 37.1 Å². The first-order chi connectivity index (χ1) is 7.97. The van der Waals surface area contributed by atoms with Crippen LogP contribution in [0.4, 0.5) is 13.2 Å². The molecule has 0 aromatic rings. The van der Waals surface area contributed by atoms with Gasteiger partial charge in [-0.2, -0.15) is 13.2 Å². The van der Waals surface area contributed by atoms with Gasteiger partial charge in [0.2, 0.25) is 0 Å². The fourth-order valence-electron chi connectivity index (χ4n) is 2.22. The van der Waals surface area contributed by atoms with E-state index < -0.39 is 11.7 Å². The Morgan fingerprint density at radius 3 is 2.47 bits per heavy atom. The number of alkyl halides is 3. The van der Waals surface area contributed by atoms with Crippen molar-refractivity contribution in [3.8, 4) is 0 Å². The number of hydrogen-bond donors (Lipinski definition) is 0. The van der Waals surface area contributed by atoms with E-state index in [0.29, 0.717) is 6.42 Å². The smallest absolute Gasteiger partial charge is 0.302 e. The van der Waals surface area contributed by atoms with Gasteiger partial charge in [0.15, 0.2) is 0 Å². The van der Waals surface area contributed by atoms with Crippen molar-refractivity contribution in [2.75, 3.05) is 20.1 Å². The molecule has 0 saturated heterocycles. The Balaban J connectivity index is 2.17. The highest BCUT2D eigenvalue weighted by molar-refractivity contribution is 5.42. The monoisotopic (exact) mass is 243 g/mol. The molecule has 1 nitrogen and oxygen atoms in total. The summed E-state index contributed by atoms with van der Waals surface area (Å²) in [6.07, 6.45) is 2.53. The van der Waals surface area contributed by atoms with Crippen molar-refractivity contribution in [1.29, 1.82) is 0 Å². The van der Waals surface area contributed by atoms with Gasteiger partial charge in [-0.1, -0.05) is 12.2 Å². The molecule has 1 heterocycles. The Morgan fingerprint density at radius 2 is 1.88 bits per heavy atom. The lowest BCUT2D eigenvalue weighted by Crippen LogP contribution is -2.25. The van der Waals surface area contributed by atoms with Crippen LogP contribution >= 0.6 is 0 Å². The van der Waals surface area contributed by atoms with Crippen LogP contribution in [0.2, 0.25) is 0 Å². The SMILES string of the molecule is CN1CC=C(C2=CC(C(F)(F)F)=CCC2)CC1. The quantitative estimate of drug-likeness (QED) is 0.681. The third-order valence-electron chi connectivity index (χ3n) is 3.26. The Kier molecular flexibility index (Phi) is 3.43. The third-order valence-corrected chi connectivity index (χ3v) is 3.26. The molecule has 2 aliphatic rings. The third kappa shape index (κ3) is 3.00. The molecule has 0 radical (unpaired) electrons. The van der Waals surface area contributed by atoms with Gasteiger partial charge in [0.05, 0.1) is 5.57 Å². The average Bonchev–Trinajstić information content (AvgIpc) is 2.29. The Labute approximate surface area is 99.3 Å². The van der Waals surface area contributed by atoms with E-state index in [9.17, 15) is 13.2 Å². The van der Waals surface area contributed by atoms with Crippen molar-refractivity contribution in [1.82, 2.24) is 4.90 Å². The molecule has 0 fully saturated rings. The molecule has 0 bridgehead atoms. The van der Waals surface area contributed by atoms with E-state index in [1.54, 1.807) is 0 Å². The summed E-state index contributed by atoms with van der Waals surface area (Å²) in [5, 5.41) is 0. The van der Waals surface area contributed by atoms with E-state index in [4.69, 9.17) is 0 Å². The Bertz CT molecular complexity index is 388. The highest BCUT2D eigenvalue weighted by Crippen LogP contribution is 2.34. The van der Waals surface area contributed by atoms with E-state index in [2.05, 4.69) is 11.0 Å². The molecule has 0 aromatic carbocycles. The van der Waals surface area contributed by atoms with Crippen molar-refractivity contribution in [2.24, 2.45) is 0 Å². The van der Waals surface area contributed by atoms with Crippen molar-refractivity contribution >= 4 is 0 Å². The molecule has 2 rings (SSSR count). The fourth-order valence-corrected chi connectivity index (χ4v) is 2.22. The molecule has 0 atom stereocenters. The van der Waals surface area contributed by atoms with E-state index in [-0.39, 0.29) is 0 Å². The maximum atomic E-state index is 12.6. The lowest BCUT2D eigenvalue weighted by atomic mass is 9.90. The lowest BCUT2D eigenvalue weighted by molar-refractivity contribution is -0.0886. The average molecular weight is 243 g/mol. The largest absolute Gasteiger partial charge is 0.416 e. The minimum Gasteiger partial charge on any atom is -0.302 e. The number of nitrogens with zero attached hydrogens (tertiary/aromatic N) is 1. The number of allylic oxidation sites excluding steroid dienone is 4. The zero-order chi connectivity index (χ0) is 12.5. The fraction of sp³-hybridized carbons (Fsp3) is 0.538. The second-order valence-electron chi connectivity index (χ2n) is 4.61.